The maximum atomic E-state index is 13.7. The molecular weight excluding hydrogens is 339 g/mol. The Hall–Kier alpha value is -1.73. The van der Waals surface area contributed by atoms with E-state index in [0.29, 0.717) is 17.8 Å². The molecule has 21 heavy (non-hydrogen) atoms. The van der Waals surface area contributed by atoms with Gasteiger partial charge in [0.15, 0.2) is 0 Å². The fourth-order valence-corrected chi connectivity index (χ4v) is 2.22. The van der Waals surface area contributed by atoms with Crippen LogP contribution < -0.4 is 16.2 Å². The van der Waals surface area contributed by atoms with E-state index >= 15 is 0 Å². The van der Waals surface area contributed by atoms with Crippen LogP contribution in [0.25, 0.3) is 0 Å². The van der Waals surface area contributed by atoms with E-state index in [4.69, 9.17) is 0 Å². The van der Waals surface area contributed by atoms with E-state index in [1.54, 1.807) is 18.3 Å². The second-order valence-electron chi connectivity index (χ2n) is 4.51. The molecule has 0 aliphatic rings. The first-order valence-electron chi connectivity index (χ1n) is 6.49. The monoisotopic (exact) mass is 354 g/mol. The Labute approximate surface area is 130 Å². The van der Waals surface area contributed by atoms with Gasteiger partial charge in [-0.25, -0.2) is 9.07 Å². The van der Waals surface area contributed by atoms with Gasteiger partial charge in [-0.1, -0.05) is 15.9 Å². The van der Waals surface area contributed by atoms with Crippen LogP contribution in [-0.2, 0) is 6.54 Å². The van der Waals surface area contributed by atoms with Gasteiger partial charge in [0.25, 0.3) is 5.56 Å². The molecule has 5 nitrogen and oxygen atoms in total. The third kappa shape index (κ3) is 4.37. The van der Waals surface area contributed by atoms with Crippen molar-refractivity contribution >= 4 is 21.6 Å². The van der Waals surface area contributed by atoms with Crippen molar-refractivity contribution in [2.24, 2.45) is 0 Å². The fourth-order valence-electron chi connectivity index (χ4n) is 1.81. The molecule has 0 aliphatic heterocycles. The van der Waals surface area contributed by atoms with Crippen molar-refractivity contribution in [2.75, 3.05) is 25.5 Å². The molecule has 0 fully saturated rings. The number of hydrogen-bond donors (Lipinski definition) is 2. The minimum absolute atomic E-state index is 0.0981. The lowest BCUT2D eigenvalue weighted by molar-refractivity contribution is 0.572. The van der Waals surface area contributed by atoms with Gasteiger partial charge in [0.1, 0.15) is 5.82 Å². The Morgan fingerprint density at radius 1 is 1.33 bits per heavy atom. The molecule has 0 saturated carbocycles. The molecule has 0 saturated heterocycles. The second kappa shape index (κ2) is 7.33. The predicted molar refractivity (Wildman–Crippen MR) is 84.1 cm³/mol. The Balaban J connectivity index is 2.14. The van der Waals surface area contributed by atoms with Crippen LogP contribution >= 0.6 is 15.9 Å². The number of anilines is 1. The molecule has 1 aromatic heterocycles. The van der Waals surface area contributed by atoms with Crippen LogP contribution in [0.1, 0.15) is 5.56 Å². The van der Waals surface area contributed by atoms with Crippen LogP contribution in [0.4, 0.5) is 10.1 Å². The van der Waals surface area contributed by atoms with E-state index in [9.17, 15) is 9.18 Å². The summed E-state index contributed by atoms with van der Waals surface area (Å²) in [5.74, 6) is -0.358. The molecule has 1 aromatic carbocycles. The molecule has 0 amide bonds. The highest BCUT2D eigenvalue weighted by molar-refractivity contribution is 9.10. The number of benzene rings is 1. The molecule has 2 aromatic rings. The molecule has 0 unspecified atom stereocenters. The molecule has 0 spiro atoms. The van der Waals surface area contributed by atoms with E-state index in [1.807, 2.05) is 7.05 Å². The standard InChI is InChI=1S/C14H16BrFN4O/c1-17-4-5-18-12-7-14(21)20(19-8-12)9-10-6-11(15)2-3-13(10)16/h2-3,6-8,17-18H,4-5,9H2,1H3. The van der Waals surface area contributed by atoms with Crippen LogP contribution in [0, 0.1) is 5.82 Å². The summed E-state index contributed by atoms with van der Waals surface area (Å²) in [6.07, 6.45) is 1.56. The summed E-state index contributed by atoms with van der Waals surface area (Å²) < 4.78 is 15.7. The third-order valence-corrected chi connectivity index (χ3v) is 3.39. The highest BCUT2D eigenvalue weighted by Gasteiger charge is 2.06. The number of likely N-dealkylation sites (N-methyl/N-ethyl adjacent to an activating group) is 1. The number of nitrogens with zero attached hydrogens (tertiary/aromatic N) is 2. The van der Waals surface area contributed by atoms with Gasteiger partial charge in [0.05, 0.1) is 18.4 Å². The van der Waals surface area contributed by atoms with Gasteiger partial charge in [0, 0.05) is 29.2 Å². The van der Waals surface area contributed by atoms with Crippen molar-refractivity contribution in [1.29, 1.82) is 0 Å². The van der Waals surface area contributed by atoms with Crippen LogP contribution in [0.15, 0.2) is 39.7 Å². The van der Waals surface area contributed by atoms with Gasteiger partial charge in [-0.15, -0.1) is 0 Å². The third-order valence-electron chi connectivity index (χ3n) is 2.90. The first-order valence-corrected chi connectivity index (χ1v) is 7.29. The van der Waals surface area contributed by atoms with Crippen molar-refractivity contribution in [3.63, 3.8) is 0 Å². The molecule has 0 radical (unpaired) electrons. The summed E-state index contributed by atoms with van der Waals surface area (Å²) in [6.45, 7) is 1.58. The number of rotatable bonds is 6. The van der Waals surface area contributed by atoms with E-state index in [-0.39, 0.29) is 17.9 Å². The normalized spacial score (nSPS) is 10.6. The van der Waals surface area contributed by atoms with Gasteiger partial charge in [0.2, 0.25) is 0 Å². The van der Waals surface area contributed by atoms with Crippen molar-refractivity contribution in [3.8, 4) is 0 Å². The van der Waals surface area contributed by atoms with Crippen molar-refractivity contribution in [1.82, 2.24) is 15.1 Å². The smallest absolute Gasteiger partial charge is 0.269 e. The minimum atomic E-state index is -0.358. The Morgan fingerprint density at radius 2 is 2.14 bits per heavy atom. The Bertz CT molecular complexity index is 674. The van der Waals surface area contributed by atoms with Gasteiger partial charge >= 0.3 is 0 Å². The van der Waals surface area contributed by atoms with E-state index in [1.165, 1.54) is 16.8 Å². The van der Waals surface area contributed by atoms with Crippen molar-refractivity contribution in [2.45, 2.75) is 6.54 Å². The maximum absolute atomic E-state index is 13.7. The lowest BCUT2D eigenvalue weighted by Crippen LogP contribution is -2.24. The Kier molecular flexibility index (Phi) is 5.46. The summed E-state index contributed by atoms with van der Waals surface area (Å²) in [7, 11) is 1.85. The summed E-state index contributed by atoms with van der Waals surface area (Å²) >= 11 is 3.28. The van der Waals surface area contributed by atoms with Crippen LogP contribution in [0.3, 0.4) is 0 Å². The van der Waals surface area contributed by atoms with Gasteiger partial charge in [-0.2, -0.15) is 5.10 Å². The topological polar surface area (TPSA) is 59.0 Å². The quantitative estimate of drug-likeness (QED) is 0.777. The number of halogens is 2. The zero-order valence-corrected chi connectivity index (χ0v) is 13.2. The lowest BCUT2D eigenvalue weighted by Gasteiger charge is -2.09. The highest BCUT2D eigenvalue weighted by atomic mass is 79.9. The van der Waals surface area contributed by atoms with E-state index in [2.05, 4.69) is 31.7 Å². The molecule has 112 valence electrons. The second-order valence-corrected chi connectivity index (χ2v) is 5.42. The predicted octanol–water partition coefficient (Wildman–Crippen LogP) is 1.82. The summed E-state index contributed by atoms with van der Waals surface area (Å²) in [5, 5.41) is 10.1. The molecule has 0 aliphatic carbocycles. The SMILES string of the molecule is CNCCNc1cnn(Cc2cc(Br)ccc2F)c(=O)c1. The van der Waals surface area contributed by atoms with Crippen molar-refractivity contribution in [3.05, 3.63) is 56.7 Å². The molecule has 1 heterocycles. The molecule has 0 atom stereocenters. The average Bonchev–Trinajstić information content (AvgIpc) is 2.46. The zero-order valence-electron chi connectivity index (χ0n) is 11.6. The number of aromatic nitrogens is 2. The Morgan fingerprint density at radius 3 is 2.86 bits per heavy atom. The average molecular weight is 355 g/mol. The summed E-state index contributed by atoms with van der Waals surface area (Å²) in [5.41, 5.74) is 0.792. The lowest BCUT2D eigenvalue weighted by atomic mass is 10.2. The van der Waals surface area contributed by atoms with E-state index in [0.717, 1.165) is 11.0 Å². The van der Waals surface area contributed by atoms with Gasteiger partial charge < -0.3 is 10.6 Å². The van der Waals surface area contributed by atoms with Gasteiger partial charge in [-0.05, 0) is 25.2 Å². The zero-order chi connectivity index (χ0) is 15.2. The largest absolute Gasteiger partial charge is 0.382 e. The molecule has 7 heteroatoms. The maximum Gasteiger partial charge on any atom is 0.269 e. The molecule has 2 N–H and O–H groups in total. The molecule has 0 bridgehead atoms. The first-order chi connectivity index (χ1) is 10.1. The van der Waals surface area contributed by atoms with Crippen LogP contribution in [-0.4, -0.2) is 29.9 Å². The summed E-state index contributed by atoms with van der Waals surface area (Å²) in [6, 6.07) is 6.07. The van der Waals surface area contributed by atoms with E-state index < -0.39 is 0 Å². The number of nitrogens with one attached hydrogen (secondary N) is 2. The van der Waals surface area contributed by atoms with Crippen LogP contribution in [0.2, 0.25) is 0 Å². The fraction of sp³-hybridized carbons (Fsp3) is 0.286. The van der Waals surface area contributed by atoms with Gasteiger partial charge in [-0.3, -0.25) is 4.79 Å². The van der Waals surface area contributed by atoms with Crippen LogP contribution in [0.5, 0.6) is 0 Å². The summed E-state index contributed by atoms with van der Waals surface area (Å²) in [4.78, 5) is 12.0. The first kappa shape index (κ1) is 15.7. The highest BCUT2D eigenvalue weighted by Crippen LogP contribution is 2.16. The molecule has 2 rings (SSSR count). The number of hydrogen-bond acceptors (Lipinski definition) is 4. The molecular formula is C14H16BrFN4O. The van der Waals surface area contributed by atoms with Crippen molar-refractivity contribution < 1.29 is 4.39 Å². The minimum Gasteiger partial charge on any atom is -0.382 e.